The van der Waals surface area contributed by atoms with Crippen LogP contribution in [0.3, 0.4) is 0 Å². The Labute approximate surface area is 177 Å². The molecule has 2 aromatic carbocycles. The van der Waals surface area contributed by atoms with Gasteiger partial charge in [0.2, 0.25) is 5.78 Å². The van der Waals surface area contributed by atoms with Gasteiger partial charge in [-0.1, -0.05) is 0 Å². The third-order valence-corrected chi connectivity index (χ3v) is 5.26. The number of ketones is 1. The first-order valence-electron chi connectivity index (χ1n) is 9.48. The molecule has 0 unspecified atom stereocenters. The highest BCUT2D eigenvalue weighted by Crippen LogP contribution is 2.35. The van der Waals surface area contributed by atoms with Crippen molar-refractivity contribution >= 4 is 17.8 Å². The van der Waals surface area contributed by atoms with E-state index in [1.807, 2.05) is 33.8 Å². The van der Waals surface area contributed by atoms with E-state index in [0.717, 1.165) is 22.3 Å². The van der Waals surface area contributed by atoms with Gasteiger partial charge in [-0.05, 0) is 68.2 Å². The highest BCUT2D eigenvalue weighted by molar-refractivity contribution is 6.00. The zero-order valence-corrected chi connectivity index (χ0v) is 18.5. The van der Waals surface area contributed by atoms with E-state index < -0.39 is 5.97 Å². The fourth-order valence-electron chi connectivity index (χ4n) is 3.11. The number of carbonyl (C=O) groups is 2. The van der Waals surface area contributed by atoms with Crippen molar-refractivity contribution in [2.75, 3.05) is 27.9 Å². The van der Waals surface area contributed by atoms with Gasteiger partial charge in [0.15, 0.2) is 18.1 Å². The van der Waals surface area contributed by atoms with Crippen LogP contribution in [0.2, 0.25) is 0 Å². The number of rotatable bonds is 8. The summed E-state index contributed by atoms with van der Waals surface area (Å²) >= 11 is 0. The van der Waals surface area contributed by atoms with Crippen LogP contribution in [-0.4, -0.2) is 39.7 Å². The summed E-state index contributed by atoms with van der Waals surface area (Å²) in [6, 6.07) is 5.20. The molecule has 30 heavy (non-hydrogen) atoms. The Morgan fingerprint density at radius 2 is 1.40 bits per heavy atom. The lowest BCUT2D eigenvalue weighted by atomic mass is 9.93. The molecule has 0 fully saturated rings. The molecule has 6 nitrogen and oxygen atoms in total. The molecule has 6 heteroatoms. The van der Waals surface area contributed by atoms with Crippen LogP contribution in [0.25, 0.3) is 6.08 Å². The predicted octanol–water partition coefficient (Wildman–Crippen LogP) is 4.39. The Kier molecular flexibility index (Phi) is 7.64. The van der Waals surface area contributed by atoms with Crippen LogP contribution in [0.1, 0.15) is 38.2 Å². The van der Waals surface area contributed by atoms with Gasteiger partial charge < -0.3 is 18.9 Å². The van der Waals surface area contributed by atoms with E-state index in [2.05, 4.69) is 0 Å². The van der Waals surface area contributed by atoms with Gasteiger partial charge in [0.25, 0.3) is 0 Å². The molecule has 0 radical (unpaired) electrons. The molecular weight excluding hydrogens is 384 g/mol. The van der Waals surface area contributed by atoms with E-state index in [0.29, 0.717) is 28.4 Å². The van der Waals surface area contributed by atoms with Crippen molar-refractivity contribution in [2.45, 2.75) is 27.7 Å². The molecule has 0 aliphatic heterocycles. The Hall–Kier alpha value is -3.28. The van der Waals surface area contributed by atoms with E-state index in [1.165, 1.54) is 27.4 Å². The maximum atomic E-state index is 12.6. The van der Waals surface area contributed by atoms with Gasteiger partial charge in [0.1, 0.15) is 5.75 Å². The lowest BCUT2D eigenvalue weighted by Crippen LogP contribution is -2.15. The molecule has 0 aliphatic carbocycles. The lowest BCUT2D eigenvalue weighted by Gasteiger charge is -2.13. The number of hydrogen-bond acceptors (Lipinski definition) is 6. The number of hydrogen-bond donors (Lipinski definition) is 0. The maximum Gasteiger partial charge on any atom is 0.331 e. The second-order valence-corrected chi connectivity index (χ2v) is 6.93. The molecule has 0 saturated heterocycles. The van der Waals surface area contributed by atoms with Gasteiger partial charge in [0, 0.05) is 23.3 Å². The number of carbonyl (C=O) groups excluding carboxylic acids is 2. The smallest absolute Gasteiger partial charge is 0.331 e. The van der Waals surface area contributed by atoms with Crippen LogP contribution in [0.15, 0.2) is 24.3 Å². The first kappa shape index (κ1) is 23.0. The summed E-state index contributed by atoms with van der Waals surface area (Å²) in [6.07, 6.45) is 2.79. The molecule has 0 bridgehead atoms. The minimum Gasteiger partial charge on any atom is -0.496 e. The number of Topliss-reactive ketones (excluding diaryl/α,β-unsaturated/α-hetero) is 1. The van der Waals surface area contributed by atoms with Gasteiger partial charge >= 0.3 is 5.97 Å². The van der Waals surface area contributed by atoms with E-state index in [-0.39, 0.29) is 12.4 Å². The average molecular weight is 412 g/mol. The highest BCUT2D eigenvalue weighted by Gasteiger charge is 2.15. The third-order valence-electron chi connectivity index (χ3n) is 5.26. The first-order chi connectivity index (χ1) is 14.2. The third kappa shape index (κ3) is 5.00. The topological polar surface area (TPSA) is 71.1 Å². The van der Waals surface area contributed by atoms with Crippen LogP contribution in [0, 0.1) is 27.7 Å². The molecule has 0 atom stereocenters. The van der Waals surface area contributed by atoms with Crippen LogP contribution in [0.4, 0.5) is 0 Å². The standard InChI is InChI=1S/C24H28O6/c1-14-10-19(17(4)16(3)15(14)2)20(25)13-30-24(26)9-8-18-11-22(28-6)23(29-7)12-21(18)27-5/h8-12H,13H2,1-7H3/b9-8+. The second kappa shape index (κ2) is 9.96. The summed E-state index contributed by atoms with van der Waals surface area (Å²) in [7, 11) is 4.57. The van der Waals surface area contributed by atoms with Crippen molar-refractivity contribution in [3.63, 3.8) is 0 Å². The fraction of sp³-hybridized carbons (Fsp3) is 0.333. The SMILES string of the molecule is COc1cc(OC)c(OC)cc1/C=C/C(=O)OCC(=O)c1cc(C)c(C)c(C)c1C. The maximum absolute atomic E-state index is 12.6. The van der Waals surface area contributed by atoms with Crippen LogP contribution in [0.5, 0.6) is 17.2 Å². The molecule has 2 rings (SSSR count). The summed E-state index contributed by atoms with van der Waals surface area (Å²) in [6.45, 7) is 7.55. The quantitative estimate of drug-likeness (QED) is 0.364. The molecule has 0 amide bonds. The summed E-state index contributed by atoms with van der Waals surface area (Å²) in [5, 5.41) is 0. The van der Waals surface area contributed by atoms with E-state index in [9.17, 15) is 9.59 Å². The Morgan fingerprint density at radius 1 is 0.800 bits per heavy atom. The minimum absolute atomic E-state index is 0.232. The number of aryl methyl sites for hydroxylation is 1. The molecule has 0 saturated carbocycles. The van der Waals surface area contributed by atoms with Crippen LogP contribution in [-0.2, 0) is 9.53 Å². The minimum atomic E-state index is -0.626. The van der Waals surface area contributed by atoms with E-state index >= 15 is 0 Å². The number of methoxy groups -OCH3 is 3. The molecule has 0 aliphatic rings. The van der Waals surface area contributed by atoms with Crippen molar-refractivity contribution in [3.8, 4) is 17.2 Å². The molecule has 0 spiro atoms. The van der Waals surface area contributed by atoms with Crippen molar-refractivity contribution in [1.82, 2.24) is 0 Å². The molecule has 0 N–H and O–H groups in total. The zero-order valence-electron chi connectivity index (χ0n) is 18.5. The summed E-state index contributed by atoms with van der Waals surface area (Å²) in [5.74, 6) is 0.664. The van der Waals surface area contributed by atoms with E-state index in [1.54, 1.807) is 18.2 Å². The number of esters is 1. The average Bonchev–Trinajstić information content (AvgIpc) is 2.76. The van der Waals surface area contributed by atoms with Crippen LogP contribution >= 0.6 is 0 Å². The van der Waals surface area contributed by atoms with Crippen molar-refractivity contribution in [2.24, 2.45) is 0 Å². The Bertz CT molecular complexity index is 988. The van der Waals surface area contributed by atoms with Crippen molar-refractivity contribution in [3.05, 3.63) is 57.7 Å². The Morgan fingerprint density at radius 3 is 2.00 bits per heavy atom. The summed E-state index contributed by atoms with van der Waals surface area (Å²) in [4.78, 5) is 24.7. The number of benzene rings is 2. The van der Waals surface area contributed by atoms with Gasteiger partial charge in [-0.15, -0.1) is 0 Å². The molecular formula is C24H28O6. The zero-order chi connectivity index (χ0) is 22.4. The highest BCUT2D eigenvalue weighted by atomic mass is 16.5. The van der Waals surface area contributed by atoms with Crippen molar-refractivity contribution in [1.29, 1.82) is 0 Å². The lowest BCUT2D eigenvalue weighted by molar-refractivity contribution is -0.136. The molecule has 0 heterocycles. The van der Waals surface area contributed by atoms with Crippen molar-refractivity contribution < 1.29 is 28.5 Å². The molecule has 2 aromatic rings. The monoisotopic (exact) mass is 412 g/mol. The number of ether oxygens (including phenoxy) is 4. The largest absolute Gasteiger partial charge is 0.496 e. The van der Waals surface area contributed by atoms with Gasteiger partial charge in [-0.2, -0.15) is 0 Å². The van der Waals surface area contributed by atoms with E-state index in [4.69, 9.17) is 18.9 Å². The van der Waals surface area contributed by atoms with Crippen LogP contribution < -0.4 is 14.2 Å². The van der Waals surface area contributed by atoms with Gasteiger partial charge in [0.05, 0.1) is 21.3 Å². The second-order valence-electron chi connectivity index (χ2n) is 6.93. The first-order valence-corrected chi connectivity index (χ1v) is 9.48. The fourth-order valence-corrected chi connectivity index (χ4v) is 3.11. The summed E-state index contributed by atoms with van der Waals surface area (Å²) < 4.78 is 21.0. The summed E-state index contributed by atoms with van der Waals surface area (Å²) in [5.41, 5.74) is 5.36. The van der Waals surface area contributed by atoms with Gasteiger partial charge in [-0.25, -0.2) is 4.79 Å². The molecule has 160 valence electrons. The Balaban J connectivity index is 2.12. The molecule has 0 aromatic heterocycles. The normalized spacial score (nSPS) is 10.8. The van der Waals surface area contributed by atoms with Gasteiger partial charge in [-0.3, -0.25) is 4.79 Å². The predicted molar refractivity (Wildman–Crippen MR) is 116 cm³/mol.